The average Bonchev–Trinajstić information content (AvgIpc) is 3.10. The number of benzene rings is 2. The number of methoxy groups -OCH3 is 1. The highest BCUT2D eigenvalue weighted by Crippen LogP contribution is 2.46. The Labute approximate surface area is 187 Å². The van der Waals surface area contributed by atoms with Crippen LogP contribution in [0.15, 0.2) is 42.5 Å². The normalized spacial score (nSPS) is 15.3. The van der Waals surface area contributed by atoms with Crippen LogP contribution in [0.3, 0.4) is 0 Å². The molecule has 1 aromatic heterocycles. The maximum absolute atomic E-state index is 13.5. The minimum Gasteiger partial charge on any atom is -0.497 e. The van der Waals surface area contributed by atoms with Crippen molar-refractivity contribution in [3.05, 3.63) is 53.6 Å². The van der Waals surface area contributed by atoms with Crippen LogP contribution < -0.4 is 9.64 Å². The first-order chi connectivity index (χ1) is 15.5. The number of amides is 1. The molecule has 1 aliphatic carbocycles. The summed E-state index contributed by atoms with van der Waals surface area (Å²) >= 11 is 0. The summed E-state index contributed by atoms with van der Waals surface area (Å²) in [6.45, 7) is 3.04. The molecule has 3 aromatic rings. The monoisotopic (exact) mass is 430 g/mol. The predicted molar refractivity (Wildman–Crippen MR) is 125 cm³/mol. The van der Waals surface area contributed by atoms with Crippen LogP contribution in [0, 0.1) is 0 Å². The summed E-state index contributed by atoms with van der Waals surface area (Å²) in [5, 5.41) is 0.867. The van der Waals surface area contributed by atoms with Gasteiger partial charge in [0.1, 0.15) is 11.6 Å². The molecule has 1 aliphatic heterocycles. The van der Waals surface area contributed by atoms with Crippen LogP contribution in [-0.2, 0) is 4.79 Å². The van der Waals surface area contributed by atoms with Crippen molar-refractivity contribution in [3.8, 4) is 16.9 Å². The molecular formula is C25H26N4O3. The van der Waals surface area contributed by atoms with Gasteiger partial charge in [-0.1, -0.05) is 18.2 Å². The van der Waals surface area contributed by atoms with Gasteiger partial charge in [-0.3, -0.25) is 9.59 Å². The molecule has 1 amide bonds. The summed E-state index contributed by atoms with van der Waals surface area (Å²) in [5.41, 5.74) is 3.95. The van der Waals surface area contributed by atoms with E-state index in [2.05, 4.69) is 4.90 Å². The Morgan fingerprint density at radius 3 is 2.50 bits per heavy atom. The molecular weight excluding hydrogens is 404 g/mol. The molecule has 0 unspecified atom stereocenters. The summed E-state index contributed by atoms with van der Waals surface area (Å²) < 4.78 is 5.36. The number of hydrogen-bond acceptors (Lipinski definition) is 6. The average molecular weight is 431 g/mol. The number of piperazine rings is 1. The second kappa shape index (κ2) is 7.91. The SMILES string of the molecule is COc1ccc2c(c1)C(=O)c1c-2c(N2CCN(C(=O)CN(C)C)CC2)nc2ccccc12. The Kier molecular flexibility index (Phi) is 5.06. The Hall–Kier alpha value is -3.45. The lowest BCUT2D eigenvalue weighted by atomic mass is 10.0. The zero-order valence-electron chi connectivity index (χ0n) is 18.6. The molecule has 164 valence electrons. The number of hydrogen-bond donors (Lipinski definition) is 0. The summed E-state index contributed by atoms with van der Waals surface area (Å²) in [7, 11) is 5.41. The number of pyridine rings is 1. The third-order valence-electron chi connectivity index (χ3n) is 6.22. The van der Waals surface area contributed by atoms with E-state index in [1.165, 1.54) is 0 Å². The van der Waals surface area contributed by atoms with E-state index in [-0.39, 0.29) is 11.7 Å². The fourth-order valence-corrected chi connectivity index (χ4v) is 4.65. The van der Waals surface area contributed by atoms with Crippen molar-refractivity contribution in [2.24, 2.45) is 0 Å². The highest BCUT2D eigenvalue weighted by atomic mass is 16.5. The lowest BCUT2D eigenvalue weighted by Gasteiger charge is -2.36. The van der Waals surface area contributed by atoms with E-state index in [1.807, 2.05) is 66.4 Å². The third-order valence-corrected chi connectivity index (χ3v) is 6.22. The number of anilines is 1. The molecule has 0 atom stereocenters. The molecule has 7 nitrogen and oxygen atoms in total. The number of fused-ring (bicyclic) bond motifs is 5. The Morgan fingerprint density at radius 2 is 1.78 bits per heavy atom. The van der Waals surface area contributed by atoms with Gasteiger partial charge in [0.25, 0.3) is 0 Å². The Morgan fingerprint density at radius 1 is 1.03 bits per heavy atom. The number of ketones is 1. The molecule has 2 aromatic carbocycles. The van der Waals surface area contributed by atoms with Gasteiger partial charge in [0.15, 0.2) is 5.78 Å². The highest BCUT2D eigenvalue weighted by molar-refractivity contribution is 6.28. The van der Waals surface area contributed by atoms with Crippen LogP contribution in [0.4, 0.5) is 5.82 Å². The quantitative estimate of drug-likeness (QED) is 0.496. The number of likely N-dealkylation sites (N-methyl/N-ethyl adjacent to an activating group) is 1. The molecule has 0 bridgehead atoms. The zero-order valence-corrected chi connectivity index (χ0v) is 18.6. The summed E-state index contributed by atoms with van der Waals surface area (Å²) in [6.07, 6.45) is 0. The number of para-hydroxylation sites is 1. The molecule has 1 saturated heterocycles. The van der Waals surface area contributed by atoms with Crippen LogP contribution >= 0.6 is 0 Å². The van der Waals surface area contributed by atoms with Crippen molar-refractivity contribution in [3.63, 3.8) is 0 Å². The van der Waals surface area contributed by atoms with Gasteiger partial charge in [0, 0.05) is 48.3 Å². The summed E-state index contributed by atoms with van der Waals surface area (Å²) in [5.74, 6) is 1.62. The van der Waals surface area contributed by atoms with Gasteiger partial charge in [-0.2, -0.15) is 0 Å². The van der Waals surface area contributed by atoms with Gasteiger partial charge in [-0.05, 0) is 43.9 Å². The maximum Gasteiger partial charge on any atom is 0.236 e. The highest BCUT2D eigenvalue weighted by Gasteiger charge is 2.35. The van der Waals surface area contributed by atoms with Crippen molar-refractivity contribution in [1.82, 2.24) is 14.8 Å². The first-order valence-electron chi connectivity index (χ1n) is 10.8. The minimum absolute atomic E-state index is 0.00791. The van der Waals surface area contributed by atoms with Gasteiger partial charge < -0.3 is 19.4 Å². The third kappa shape index (κ3) is 3.29. The van der Waals surface area contributed by atoms with E-state index in [0.29, 0.717) is 49.6 Å². The van der Waals surface area contributed by atoms with E-state index >= 15 is 0 Å². The van der Waals surface area contributed by atoms with Crippen molar-refractivity contribution in [2.45, 2.75) is 0 Å². The van der Waals surface area contributed by atoms with Crippen molar-refractivity contribution < 1.29 is 14.3 Å². The second-order valence-electron chi connectivity index (χ2n) is 8.55. The topological polar surface area (TPSA) is 66.0 Å². The van der Waals surface area contributed by atoms with Gasteiger partial charge in [-0.15, -0.1) is 0 Å². The van der Waals surface area contributed by atoms with Gasteiger partial charge in [0.05, 0.1) is 19.2 Å². The van der Waals surface area contributed by atoms with Crippen LogP contribution in [-0.4, -0.2) is 80.4 Å². The fourth-order valence-electron chi connectivity index (χ4n) is 4.65. The zero-order chi connectivity index (χ0) is 22.4. The Balaban J connectivity index is 1.57. The van der Waals surface area contributed by atoms with Gasteiger partial charge in [0.2, 0.25) is 5.91 Å². The minimum atomic E-state index is 0.00791. The number of nitrogens with zero attached hydrogens (tertiary/aromatic N) is 4. The van der Waals surface area contributed by atoms with Crippen LogP contribution in [0.1, 0.15) is 15.9 Å². The molecule has 32 heavy (non-hydrogen) atoms. The van der Waals surface area contributed by atoms with Gasteiger partial charge >= 0.3 is 0 Å². The molecule has 7 heteroatoms. The number of aromatic nitrogens is 1. The standard InChI is InChI=1S/C25H26N4O3/c1-27(2)15-21(30)28-10-12-29(13-11-28)25-23-17-9-8-16(32-3)14-19(17)24(31)22(23)18-6-4-5-7-20(18)26-25/h4-9,14H,10-13,15H2,1-3H3. The molecule has 0 N–H and O–H groups in total. The molecule has 2 heterocycles. The van der Waals surface area contributed by atoms with Crippen LogP contribution in [0.5, 0.6) is 5.75 Å². The molecule has 0 spiro atoms. The number of rotatable bonds is 4. The number of carbonyl (C=O) groups is 2. The lowest BCUT2D eigenvalue weighted by molar-refractivity contribution is -0.132. The number of ether oxygens (including phenoxy) is 1. The molecule has 0 radical (unpaired) electrons. The van der Waals surface area contributed by atoms with E-state index in [0.717, 1.165) is 27.8 Å². The molecule has 5 rings (SSSR count). The molecule has 1 fully saturated rings. The van der Waals surface area contributed by atoms with E-state index in [9.17, 15) is 9.59 Å². The molecule has 2 aliphatic rings. The molecule has 0 saturated carbocycles. The van der Waals surface area contributed by atoms with E-state index in [4.69, 9.17) is 9.72 Å². The first kappa shape index (κ1) is 20.5. The Bertz CT molecular complexity index is 1230. The van der Waals surface area contributed by atoms with Crippen molar-refractivity contribution in [1.29, 1.82) is 0 Å². The second-order valence-corrected chi connectivity index (χ2v) is 8.55. The summed E-state index contributed by atoms with van der Waals surface area (Å²) in [6, 6.07) is 13.5. The largest absolute Gasteiger partial charge is 0.497 e. The first-order valence-corrected chi connectivity index (χ1v) is 10.8. The van der Waals surface area contributed by atoms with Gasteiger partial charge in [-0.25, -0.2) is 4.98 Å². The summed E-state index contributed by atoms with van der Waals surface area (Å²) in [4.78, 5) is 37.0. The van der Waals surface area contributed by atoms with E-state index < -0.39 is 0 Å². The van der Waals surface area contributed by atoms with Crippen LogP contribution in [0.25, 0.3) is 22.0 Å². The van der Waals surface area contributed by atoms with E-state index in [1.54, 1.807) is 7.11 Å². The smallest absolute Gasteiger partial charge is 0.236 e. The van der Waals surface area contributed by atoms with Crippen molar-refractivity contribution in [2.75, 3.05) is 58.8 Å². The van der Waals surface area contributed by atoms with Crippen LogP contribution in [0.2, 0.25) is 0 Å². The maximum atomic E-state index is 13.5. The van der Waals surface area contributed by atoms with Crippen molar-refractivity contribution >= 4 is 28.4 Å². The fraction of sp³-hybridized carbons (Fsp3) is 0.320. The predicted octanol–water partition coefficient (Wildman–Crippen LogP) is 2.67. The number of carbonyl (C=O) groups excluding carboxylic acids is 2. The lowest BCUT2D eigenvalue weighted by Crippen LogP contribution is -2.51.